The smallest absolute Gasteiger partial charge is 0.262 e. The second-order valence-electron chi connectivity index (χ2n) is 5.93. The molecule has 0 radical (unpaired) electrons. The van der Waals surface area contributed by atoms with E-state index in [4.69, 9.17) is 4.74 Å². The number of amides is 2. The molecule has 1 unspecified atom stereocenters. The molecule has 0 spiro atoms. The molecule has 1 N–H and O–H groups in total. The van der Waals surface area contributed by atoms with Crippen LogP contribution < -0.4 is 10.1 Å². The fourth-order valence-corrected chi connectivity index (χ4v) is 2.95. The Bertz CT molecular complexity index is 955. The van der Waals surface area contributed by atoms with Crippen molar-refractivity contribution in [2.24, 2.45) is 11.0 Å². The summed E-state index contributed by atoms with van der Waals surface area (Å²) in [6.45, 7) is -0.112. The summed E-state index contributed by atoms with van der Waals surface area (Å²) < 4.78 is 5.35. The summed E-state index contributed by atoms with van der Waals surface area (Å²) in [4.78, 5) is 40.9. The summed E-state index contributed by atoms with van der Waals surface area (Å²) in [6.07, 6.45) is 3.16. The molecule has 2 amide bonds. The number of ether oxygens (including phenoxy) is 1. The molecule has 0 bridgehead atoms. The number of benzene rings is 1. The van der Waals surface area contributed by atoms with Gasteiger partial charge >= 0.3 is 0 Å². The molecule has 1 aromatic carbocycles. The van der Waals surface area contributed by atoms with Crippen molar-refractivity contribution < 1.29 is 19.1 Å². The molecule has 130 valence electrons. The topological polar surface area (TPSA) is 101 Å². The van der Waals surface area contributed by atoms with Gasteiger partial charge < -0.3 is 10.1 Å². The van der Waals surface area contributed by atoms with E-state index in [9.17, 15) is 14.4 Å². The average Bonchev–Trinajstić information content (AvgIpc) is 2.96. The number of carbonyl (C=O) groups excluding carboxylic acids is 3. The van der Waals surface area contributed by atoms with Crippen molar-refractivity contribution >= 4 is 29.0 Å². The number of pyridine rings is 1. The first kappa shape index (κ1) is 15.9. The van der Waals surface area contributed by atoms with Gasteiger partial charge in [0, 0.05) is 30.6 Å². The van der Waals surface area contributed by atoms with Crippen LogP contribution in [0.15, 0.2) is 47.8 Å². The molecule has 1 aromatic heterocycles. The van der Waals surface area contributed by atoms with E-state index in [0.29, 0.717) is 28.3 Å². The van der Waals surface area contributed by atoms with Gasteiger partial charge in [0.05, 0.1) is 11.4 Å². The monoisotopic (exact) mass is 350 g/mol. The van der Waals surface area contributed by atoms with Crippen LogP contribution in [0, 0.1) is 5.92 Å². The van der Waals surface area contributed by atoms with E-state index in [2.05, 4.69) is 15.4 Å². The zero-order valence-electron chi connectivity index (χ0n) is 13.8. The lowest BCUT2D eigenvalue weighted by molar-refractivity contribution is -0.129. The number of Topliss-reactive ketones (excluding diaryl/α,β-unsaturated/α-hetero) is 1. The molecule has 0 saturated carbocycles. The van der Waals surface area contributed by atoms with Crippen molar-refractivity contribution in [1.29, 1.82) is 0 Å². The van der Waals surface area contributed by atoms with Gasteiger partial charge in [-0.3, -0.25) is 19.4 Å². The molecule has 4 rings (SSSR count). The molecular weight excluding hydrogens is 336 g/mol. The lowest BCUT2D eigenvalue weighted by Crippen LogP contribution is -2.32. The Morgan fingerprint density at radius 1 is 1.23 bits per heavy atom. The van der Waals surface area contributed by atoms with E-state index in [1.165, 1.54) is 18.1 Å². The Balaban J connectivity index is 1.70. The summed E-state index contributed by atoms with van der Waals surface area (Å²) in [5.74, 6) is -1.65. The fourth-order valence-electron chi connectivity index (χ4n) is 2.95. The fraction of sp³-hybridized carbons (Fsp3) is 0.167. The summed E-state index contributed by atoms with van der Waals surface area (Å²) >= 11 is 0. The number of nitrogens with zero attached hydrogens (tertiary/aromatic N) is 3. The largest absolute Gasteiger partial charge is 0.482 e. The van der Waals surface area contributed by atoms with Crippen LogP contribution in [0.4, 0.5) is 5.69 Å². The van der Waals surface area contributed by atoms with Crippen molar-refractivity contribution in [3.8, 4) is 5.75 Å². The molecule has 2 aliphatic rings. The Morgan fingerprint density at radius 2 is 2.00 bits per heavy atom. The van der Waals surface area contributed by atoms with Gasteiger partial charge in [-0.2, -0.15) is 5.10 Å². The van der Waals surface area contributed by atoms with Crippen LogP contribution in [0.3, 0.4) is 0 Å². The van der Waals surface area contributed by atoms with E-state index in [0.717, 1.165) is 0 Å². The van der Waals surface area contributed by atoms with Crippen LogP contribution in [0.25, 0.3) is 0 Å². The molecule has 0 fully saturated rings. The van der Waals surface area contributed by atoms with Crippen LogP contribution in [0.5, 0.6) is 5.75 Å². The number of fused-ring (bicyclic) bond motifs is 1. The Labute approximate surface area is 148 Å². The molecule has 3 heterocycles. The number of nitrogens with one attached hydrogen (secondary N) is 1. The average molecular weight is 350 g/mol. The van der Waals surface area contributed by atoms with E-state index in [1.54, 1.807) is 36.7 Å². The predicted molar refractivity (Wildman–Crippen MR) is 91.9 cm³/mol. The number of hydrogen-bond donors (Lipinski definition) is 1. The second-order valence-corrected chi connectivity index (χ2v) is 5.93. The lowest BCUT2D eigenvalue weighted by Gasteiger charge is -2.19. The van der Waals surface area contributed by atoms with Crippen LogP contribution in [0.2, 0.25) is 0 Å². The number of hydrazone groups is 1. The highest BCUT2D eigenvalue weighted by molar-refractivity contribution is 6.31. The minimum Gasteiger partial charge on any atom is -0.482 e. The van der Waals surface area contributed by atoms with Gasteiger partial charge in [-0.05, 0) is 30.3 Å². The van der Waals surface area contributed by atoms with Crippen LogP contribution in [-0.4, -0.2) is 47.0 Å². The third-order valence-electron chi connectivity index (χ3n) is 4.23. The maximum atomic E-state index is 13.0. The Kier molecular flexibility index (Phi) is 3.72. The molecule has 0 aliphatic carbocycles. The predicted octanol–water partition coefficient (Wildman–Crippen LogP) is 1.09. The van der Waals surface area contributed by atoms with Crippen molar-refractivity contribution in [2.75, 3.05) is 19.0 Å². The molecule has 26 heavy (non-hydrogen) atoms. The maximum Gasteiger partial charge on any atom is 0.262 e. The number of rotatable bonds is 3. The van der Waals surface area contributed by atoms with Gasteiger partial charge in [0.25, 0.3) is 11.8 Å². The van der Waals surface area contributed by atoms with Gasteiger partial charge in [0.1, 0.15) is 11.7 Å². The van der Waals surface area contributed by atoms with E-state index in [-0.39, 0.29) is 18.3 Å². The highest BCUT2D eigenvalue weighted by Gasteiger charge is 2.40. The summed E-state index contributed by atoms with van der Waals surface area (Å²) in [6, 6.07) is 8.10. The minimum atomic E-state index is -1.03. The molecule has 0 saturated heterocycles. The number of aromatic nitrogens is 1. The third kappa shape index (κ3) is 2.61. The maximum absolute atomic E-state index is 13.0. The number of anilines is 1. The van der Waals surface area contributed by atoms with E-state index >= 15 is 0 Å². The van der Waals surface area contributed by atoms with Gasteiger partial charge in [-0.1, -0.05) is 0 Å². The molecular formula is C18H14N4O4. The highest BCUT2D eigenvalue weighted by Crippen LogP contribution is 2.31. The summed E-state index contributed by atoms with van der Waals surface area (Å²) in [5.41, 5.74) is 1.86. The first-order valence-electron chi connectivity index (χ1n) is 7.92. The highest BCUT2D eigenvalue weighted by atomic mass is 16.5. The number of ketones is 1. The Morgan fingerprint density at radius 3 is 2.77 bits per heavy atom. The number of carbonyl (C=O) groups is 3. The van der Waals surface area contributed by atoms with Gasteiger partial charge in [-0.15, -0.1) is 0 Å². The van der Waals surface area contributed by atoms with Crippen LogP contribution >= 0.6 is 0 Å². The molecule has 8 heteroatoms. The SMILES string of the molecule is CN1N=C(c2ccncc2)C(C(=O)c2ccc3c(c2)OCC(=O)N3)C1=O. The van der Waals surface area contributed by atoms with Crippen molar-refractivity contribution in [3.63, 3.8) is 0 Å². The lowest BCUT2D eigenvalue weighted by atomic mass is 9.89. The summed E-state index contributed by atoms with van der Waals surface area (Å²) in [7, 11) is 1.52. The van der Waals surface area contributed by atoms with Crippen molar-refractivity contribution in [3.05, 3.63) is 53.9 Å². The molecule has 1 atom stereocenters. The zero-order valence-corrected chi connectivity index (χ0v) is 13.8. The van der Waals surface area contributed by atoms with Crippen molar-refractivity contribution in [2.45, 2.75) is 0 Å². The summed E-state index contributed by atoms with van der Waals surface area (Å²) in [5, 5.41) is 8.07. The standard InChI is InChI=1S/C18H14N4O4/c1-22-18(25)15(16(21-22)10-4-6-19-7-5-10)17(24)11-2-3-12-13(8-11)26-9-14(23)20-12/h2-8,15H,9H2,1H3,(H,20,23). The van der Waals surface area contributed by atoms with E-state index in [1.807, 2.05) is 0 Å². The minimum absolute atomic E-state index is 0.112. The number of hydrogen-bond acceptors (Lipinski definition) is 6. The van der Waals surface area contributed by atoms with E-state index < -0.39 is 11.8 Å². The van der Waals surface area contributed by atoms with Gasteiger partial charge in [-0.25, -0.2) is 5.01 Å². The molecule has 2 aliphatic heterocycles. The van der Waals surface area contributed by atoms with Crippen LogP contribution in [-0.2, 0) is 9.59 Å². The molecule has 2 aromatic rings. The van der Waals surface area contributed by atoms with Crippen LogP contribution in [0.1, 0.15) is 15.9 Å². The quantitative estimate of drug-likeness (QED) is 0.660. The third-order valence-corrected chi connectivity index (χ3v) is 4.23. The normalized spacial score (nSPS) is 18.7. The first-order chi connectivity index (χ1) is 12.5. The van der Waals surface area contributed by atoms with Gasteiger partial charge in [0.2, 0.25) is 0 Å². The first-order valence-corrected chi connectivity index (χ1v) is 7.92. The second kappa shape index (κ2) is 6.07. The molecule has 8 nitrogen and oxygen atoms in total. The Hall–Kier alpha value is -3.55. The van der Waals surface area contributed by atoms with Crippen molar-refractivity contribution in [1.82, 2.24) is 9.99 Å². The zero-order chi connectivity index (χ0) is 18.3. The van der Waals surface area contributed by atoms with Gasteiger partial charge in [0.15, 0.2) is 12.4 Å².